The summed E-state index contributed by atoms with van der Waals surface area (Å²) in [6.07, 6.45) is 12.2. The zero-order valence-electron chi connectivity index (χ0n) is 17.3. The van der Waals surface area contributed by atoms with Gasteiger partial charge in [-0.3, -0.25) is 9.19 Å². The van der Waals surface area contributed by atoms with Gasteiger partial charge in [0.15, 0.2) is 0 Å². The van der Waals surface area contributed by atoms with Gasteiger partial charge in [-0.25, -0.2) is 10.2 Å². The summed E-state index contributed by atoms with van der Waals surface area (Å²) in [4.78, 5) is 0. The third kappa shape index (κ3) is 2.16. The van der Waals surface area contributed by atoms with Gasteiger partial charge in [0.2, 0.25) is 0 Å². The fourth-order valence-electron chi connectivity index (χ4n) is 5.99. The molecule has 0 saturated heterocycles. The first-order valence-electron chi connectivity index (χ1n) is 10.7. The normalized spacial score (nSPS) is 24.9. The van der Waals surface area contributed by atoms with Crippen molar-refractivity contribution in [3.05, 3.63) is 116 Å². The van der Waals surface area contributed by atoms with Crippen LogP contribution in [0.5, 0.6) is 0 Å². The molecule has 9 heteroatoms. The molecular formula is C22H23B2N7. The zero-order valence-corrected chi connectivity index (χ0v) is 17.3. The lowest BCUT2D eigenvalue weighted by Crippen LogP contribution is -3.35. The SMILES string of the molecule is C[NH+]1[B@@-](c2ccccc2)(n2cccn2)n2ccc[n+]2[B@@-]1(c1ccccc1)n1cccn1. The van der Waals surface area contributed by atoms with E-state index < -0.39 is 13.1 Å². The standard InChI is InChI=1S/C22H23B2N7/c1-27-23(28-17-8-15-25-28,21-11-4-2-5-12-21)30-19-10-20-31(30)24(27,29-18-9-16-26-29)22-13-6-3-7-14-22/h2-20,27H,1H3/t23-,24+. The van der Waals surface area contributed by atoms with Crippen molar-refractivity contribution in [3.8, 4) is 0 Å². The van der Waals surface area contributed by atoms with Crippen LogP contribution in [0.2, 0.25) is 0 Å². The van der Waals surface area contributed by atoms with Crippen LogP contribution in [0.4, 0.5) is 0 Å². The molecular weight excluding hydrogens is 384 g/mol. The van der Waals surface area contributed by atoms with Crippen LogP contribution in [0.15, 0.2) is 116 Å². The van der Waals surface area contributed by atoms with Crippen molar-refractivity contribution in [2.24, 2.45) is 0 Å². The largest absolute Gasteiger partial charge is 0.608 e. The number of nitrogens with one attached hydrogen (secondary N) is 1. The molecule has 0 bridgehead atoms. The van der Waals surface area contributed by atoms with Gasteiger partial charge in [0, 0.05) is 24.7 Å². The molecule has 6 rings (SSSR count). The Balaban J connectivity index is 1.77. The second kappa shape index (κ2) is 6.58. The number of benzene rings is 2. The summed E-state index contributed by atoms with van der Waals surface area (Å²) in [5, 5.41) is 9.57. The number of aromatic nitrogens is 6. The van der Waals surface area contributed by atoms with Gasteiger partial charge in [0.25, 0.3) is 0 Å². The number of rotatable bonds is 4. The van der Waals surface area contributed by atoms with Crippen molar-refractivity contribution in [1.29, 1.82) is 0 Å². The summed E-state index contributed by atoms with van der Waals surface area (Å²) in [5.74, 6) is 0. The molecule has 3 atom stereocenters. The zero-order chi connectivity index (χ0) is 20.9. The Morgan fingerprint density at radius 2 is 1.32 bits per heavy atom. The average molecular weight is 407 g/mol. The highest BCUT2D eigenvalue weighted by molar-refractivity contribution is 6.92. The van der Waals surface area contributed by atoms with Gasteiger partial charge in [0.05, 0.1) is 0 Å². The molecule has 5 aromatic rings. The summed E-state index contributed by atoms with van der Waals surface area (Å²) < 4.78 is 10.2. The molecule has 2 aromatic carbocycles. The molecule has 1 aliphatic heterocycles. The summed E-state index contributed by atoms with van der Waals surface area (Å²) in [6.45, 7) is -3.15. The lowest BCUT2D eigenvalue weighted by molar-refractivity contribution is -0.734. The minimum atomic E-state index is -1.57. The van der Waals surface area contributed by atoms with Gasteiger partial charge in [-0.15, -0.1) is 0 Å². The number of hydrogen-bond donors (Lipinski definition) is 1. The molecule has 3 aromatic heterocycles. The van der Waals surface area contributed by atoms with Crippen LogP contribution in [0, 0.1) is 0 Å². The van der Waals surface area contributed by atoms with E-state index >= 15 is 0 Å². The number of hydrogen-bond acceptors (Lipinski definition) is 2. The highest BCUT2D eigenvalue weighted by atomic mass is 15.6. The summed E-state index contributed by atoms with van der Waals surface area (Å²) in [6, 6.07) is 27.5. The minimum Gasteiger partial charge on any atom is -0.593 e. The van der Waals surface area contributed by atoms with Gasteiger partial charge < -0.3 is 13.9 Å². The van der Waals surface area contributed by atoms with Gasteiger partial charge in [-0.1, -0.05) is 66.1 Å². The Morgan fingerprint density at radius 1 is 0.710 bits per heavy atom. The van der Waals surface area contributed by atoms with Crippen LogP contribution in [-0.4, -0.2) is 44.1 Å². The van der Waals surface area contributed by atoms with Crippen LogP contribution in [0.3, 0.4) is 0 Å². The van der Waals surface area contributed by atoms with Crippen molar-refractivity contribution in [2.75, 3.05) is 7.05 Å². The maximum Gasteiger partial charge on any atom is 0.608 e. The van der Waals surface area contributed by atoms with Gasteiger partial charge in [-0.05, 0) is 37.0 Å². The molecule has 31 heavy (non-hydrogen) atoms. The fraction of sp³-hybridized carbons (Fsp3) is 0.0455. The van der Waals surface area contributed by atoms with E-state index in [9.17, 15) is 0 Å². The molecule has 0 radical (unpaired) electrons. The third-order valence-corrected chi connectivity index (χ3v) is 7.12. The first-order valence-corrected chi connectivity index (χ1v) is 10.7. The Morgan fingerprint density at radius 3 is 1.94 bits per heavy atom. The topological polar surface area (TPSA) is 48.9 Å². The van der Waals surface area contributed by atoms with Crippen molar-refractivity contribution >= 4 is 24.0 Å². The average Bonchev–Trinajstić information content (AvgIpc) is 3.61. The maximum absolute atomic E-state index is 4.79. The first kappa shape index (κ1) is 18.0. The van der Waals surface area contributed by atoms with E-state index in [0.717, 1.165) is 0 Å². The summed E-state index contributed by atoms with van der Waals surface area (Å²) >= 11 is 0. The Bertz CT molecular complexity index is 1200. The molecule has 152 valence electrons. The van der Waals surface area contributed by atoms with E-state index in [2.05, 4.69) is 117 Å². The molecule has 0 spiro atoms. The van der Waals surface area contributed by atoms with Crippen molar-refractivity contribution < 1.29 is 9.31 Å². The Hall–Kier alpha value is -3.84. The maximum atomic E-state index is 4.79. The number of quaternary nitrogens is 1. The molecule has 0 aliphatic carbocycles. The van der Waals surface area contributed by atoms with Crippen LogP contribution >= 0.6 is 0 Å². The molecule has 1 aliphatic rings. The molecule has 4 heterocycles. The molecule has 0 saturated carbocycles. The number of fused-ring (bicyclic) bond motifs is 1. The van der Waals surface area contributed by atoms with Crippen molar-refractivity contribution in [1.82, 2.24) is 24.0 Å². The lowest BCUT2D eigenvalue weighted by Gasteiger charge is -2.46. The minimum absolute atomic E-state index is 1.21. The first-order chi connectivity index (χ1) is 15.3. The van der Waals surface area contributed by atoms with E-state index in [1.165, 1.54) is 15.6 Å². The van der Waals surface area contributed by atoms with Crippen LogP contribution in [-0.2, 0) is 0 Å². The van der Waals surface area contributed by atoms with Crippen LogP contribution in [0.25, 0.3) is 0 Å². The van der Waals surface area contributed by atoms with Crippen molar-refractivity contribution in [3.63, 3.8) is 0 Å². The van der Waals surface area contributed by atoms with E-state index in [1.54, 1.807) is 0 Å². The van der Waals surface area contributed by atoms with Gasteiger partial charge in [-0.2, -0.15) is 0 Å². The Labute approximate surface area is 180 Å². The summed E-state index contributed by atoms with van der Waals surface area (Å²) in [5.41, 5.74) is 2.42. The van der Waals surface area contributed by atoms with E-state index in [1.807, 2.05) is 24.5 Å². The second-order valence-corrected chi connectivity index (χ2v) is 8.34. The lowest BCUT2D eigenvalue weighted by atomic mass is 9.41. The molecule has 1 unspecified atom stereocenters. The fourth-order valence-corrected chi connectivity index (χ4v) is 5.99. The smallest absolute Gasteiger partial charge is 0.593 e. The predicted octanol–water partition coefficient (Wildman–Crippen LogP) is -0.818. The molecule has 0 fully saturated rings. The van der Waals surface area contributed by atoms with Crippen molar-refractivity contribution in [2.45, 2.75) is 0 Å². The van der Waals surface area contributed by atoms with Gasteiger partial charge >= 0.3 is 13.1 Å². The van der Waals surface area contributed by atoms with E-state index in [4.69, 9.17) is 10.2 Å². The highest BCUT2D eigenvalue weighted by Gasteiger charge is 2.67. The third-order valence-electron chi connectivity index (χ3n) is 7.12. The monoisotopic (exact) mass is 407 g/mol. The quantitative estimate of drug-likeness (QED) is 0.396. The van der Waals surface area contributed by atoms with Crippen LogP contribution < -0.4 is 20.2 Å². The van der Waals surface area contributed by atoms with Crippen LogP contribution in [0.1, 0.15) is 0 Å². The number of nitrogens with zero attached hydrogens (tertiary/aromatic N) is 6. The van der Waals surface area contributed by atoms with E-state index in [-0.39, 0.29) is 0 Å². The Kier molecular flexibility index (Phi) is 3.82. The predicted molar refractivity (Wildman–Crippen MR) is 121 cm³/mol. The highest BCUT2D eigenvalue weighted by Crippen LogP contribution is 2.12. The molecule has 1 N–H and O–H groups in total. The molecule has 7 nitrogen and oxygen atoms in total. The van der Waals surface area contributed by atoms with Gasteiger partial charge in [0.1, 0.15) is 6.20 Å². The summed E-state index contributed by atoms with van der Waals surface area (Å²) in [7, 11) is 2.27. The molecule has 0 amide bonds. The van der Waals surface area contributed by atoms with E-state index in [0.29, 0.717) is 0 Å². The second-order valence-electron chi connectivity index (χ2n) is 8.34.